The number of nitrogens with zero attached hydrogens (tertiary/aromatic N) is 5. The number of aromatic amines is 1. The summed E-state index contributed by atoms with van der Waals surface area (Å²) in [6, 6.07) is 11.8. The number of hydrogen-bond donors (Lipinski definition) is 3. The van der Waals surface area contributed by atoms with Crippen LogP contribution in [0.25, 0.3) is 33.5 Å². The maximum Gasteiger partial charge on any atom is 0.219 e. The van der Waals surface area contributed by atoms with Gasteiger partial charge in [-0.3, -0.25) is 19.9 Å². The molecule has 9 nitrogen and oxygen atoms in total. The average molecular weight is 429 g/mol. The molecule has 0 bridgehead atoms. The van der Waals surface area contributed by atoms with Crippen molar-refractivity contribution >= 4 is 22.6 Å². The zero-order valence-corrected chi connectivity index (χ0v) is 17.5. The number of nitrogens with one attached hydrogen (secondary N) is 1. The minimum Gasteiger partial charge on any atom is -0.370 e. The molecule has 1 aliphatic rings. The lowest BCUT2D eigenvalue weighted by Crippen LogP contribution is -2.52. The average Bonchev–Trinajstić information content (AvgIpc) is 3.23. The normalized spacial score (nSPS) is 15.7. The van der Waals surface area contributed by atoms with Crippen molar-refractivity contribution in [1.82, 2.24) is 25.1 Å². The molecule has 1 aliphatic heterocycles. The van der Waals surface area contributed by atoms with E-state index in [4.69, 9.17) is 16.5 Å². The lowest BCUT2D eigenvalue weighted by atomic mass is 9.85. The Morgan fingerprint density at radius 1 is 1.12 bits per heavy atom. The van der Waals surface area contributed by atoms with Crippen molar-refractivity contribution in [1.29, 1.82) is 0 Å². The molecule has 4 aromatic rings. The predicted molar refractivity (Wildman–Crippen MR) is 123 cm³/mol. The fourth-order valence-electron chi connectivity index (χ4n) is 4.22. The second-order valence-electron chi connectivity index (χ2n) is 8.30. The lowest BCUT2D eigenvalue weighted by Gasteiger charge is -2.39. The second-order valence-corrected chi connectivity index (χ2v) is 8.30. The van der Waals surface area contributed by atoms with Crippen LogP contribution in [0, 0.1) is 0 Å². The van der Waals surface area contributed by atoms with Gasteiger partial charge >= 0.3 is 0 Å². The topological polar surface area (TPSA) is 140 Å². The summed E-state index contributed by atoms with van der Waals surface area (Å²) in [4.78, 5) is 27.1. The van der Waals surface area contributed by atoms with Crippen LogP contribution in [-0.2, 0) is 4.79 Å². The van der Waals surface area contributed by atoms with Gasteiger partial charge in [0, 0.05) is 48.4 Å². The highest BCUT2D eigenvalue weighted by atomic mass is 16.1. The minimum absolute atomic E-state index is 0.209. The molecule has 1 fully saturated rings. The maximum atomic E-state index is 11.3. The van der Waals surface area contributed by atoms with Gasteiger partial charge in [-0.25, -0.2) is 4.98 Å². The SMILES string of the molecule is NC(=O)CC1(N)CCN(c2cccc(-c3n[nH]c4cnc(-c5cccnc5)cc34)n2)CC1. The first-order valence-corrected chi connectivity index (χ1v) is 10.5. The Bertz CT molecular complexity index is 1260. The fourth-order valence-corrected chi connectivity index (χ4v) is 4.22. The number of H-pyrrole nitrogens is 1. The van der Waals surface area contributed by atoms with Crippen molar-refractivity contribution in [3.8, 4) is 22.6 Å². The monoisotopic (exact) mass is 428 g/mol. The molecular formula is C23H24N8O. The molecule has 5 heterocycles. The zero-order chi connectivity index (χ0) is 22.1. The Hall–Kier alpha value is -3.85. The first-order chi connectivity index (χ1) is 15.5. The third kappa shape index (κ3) is 3.90. The molecular weight excluding hydrogens is 404 g/mol. The van der Waals surface area contributed by atoms with Gasteiger partial charge in [0.1, 0.15) is 11.5 Å². The molecule has 0 atom stereocenters. The number of piperidine rings is 1. The van der Waals surface area contributed by atoms with Gasteiger partial charge in [-0.1, -0.05) is 6.07 Å². The van der Waals surface area contributed by atoms with Gasteiger partial charge in [0.15, 0.2) is 0 Å². The molecule has 0 unspecified atom stereocenters. The van der Waals surface area contributed by atoms with Gasteiger partial charge in [-0.2, -0.15) is 5.10 Å². The van der Waals surface area contributed by atoms with Crippen molar-refractivity contribution in [2.75, 3.05) is 18.0 Å². The number of aromatic nitrogens is 5. The van der Waals surface area contributed by atoms with E-state index in [0.29, 0.717) is 12.8 Å². The highest BCUT2D eigenvalue weighted by Gasteiger charge is 2.32. The van der Waals surface area contributed by atoms with Gasteiger partial charge < -0.3 is 16.4 Å². The van der Waals surface area contributed by atoms with Crippen LogP contribution in [0.5, 0.6) is 0 Å². The van der Waals surface area contributed by atoms with Gasteiger partial charge in [-0.05, 0) is 43.2 Å². The molecule has 1 amide bonds. The van der Waals surface area contributed by atoms with Crippen LogP contribution in [0.4, 0.5) is 5.82 Å². The largest absolute Gasteiger partial charge is 0.370 e. The van der Waals surface area contributed by atoms with Crippen LogP contribution in [0.3, 0.4) is 0 Å². The molecule has 162 valence electrons. The van der Waals surface area contributed by atoms with Crippen molar-refractivity contribution in [2.45, 2.75) is 24.8 Å². The summed E-state index contributed by atoms with van der Waals surface area (Å²) in [6.07, 6.45) is 6.90. The zero-order valence-electron chi connectivity index (χ0n) is 17.5. The first kappa shape index (κ1) is 20.1. The lowest BCUT2D eigenvalue weighted by molar-refractivity contribution is -0.119. The summed E-state index contributed by atoms with van der Waals surface area (Å²) in [5, 5.41) is 8.51. The number of anilines is 1. The summed E-state index contributed by atoms with van der Waals surface area (Å²) in [5.41, 5.74) is 15.3. The Morgan fingerprint density at radius 3 is 2.72 bits per heavy atom. The van der Waals surface area contributed by atoms with E-state index < -0.39 is 5.54 Å². The quantitative estimate of drug-likeness (QED) is 0.443. The van der Waals surface area contributed by atoms with E-state index in [1.54, 1.807) is 18.6 Å². The fraction of sp³-hybridized carbons (Fsp3) is 0.261. The van der Waals surface area contributed by atoms with E-state index in [2.05, 4.69) is 25.1 Å². The molecule has 0 aliphatic carbocycles. The van der Waals surface area contributed by atoms with E-state index in [-0.39, 0.29) is 12.3 Å². The molecule has 32 heavy (non-hydrogen) atoms. The molecule has 0 radical (unpaired) electrons. The van der Waals surface area contributed by atoms with Crippen LogP contribution in [0.2, 0.25) is 0 Å². The number of primary amides is 1. The molecule has 9 heteroatoms. The van der Waals surface area contributed by atoms with Crippen LogP contribution in [0.15, 0.2) is 55.0 Å². The third-order valence-corrected chi connectivity index (χ3v) is 5.99. The smallest absolute Gasteiger partial charge is 0.219 e. The number of hydrogen-bond acceptors (Lipinski definition) is 7. The van der Waals surface area contributed by atoms with Crippen molar-refractivity contribution in [3.63, 3.8) is 0 Å². The Labute approximate surface area is 184 Å². The number of carbonyl (C=O) groups is 1. The number of rotatable bonds is 5. The van der Waals surface area contributed by atoms with Gasteiger partial charge in [0.2, 0.25) is 5.91 Å². The van der Waals surface area contributed by atoms with E-state index in [1.807, 2.05) is 36.4 Å². The van der Waals surface area contributed by atoms with E-state index >= 15 is 0 Å². The van der Waals surface area contributed by atoms with Gasteiger partial charge in [0.25, 0.3) is 0 Å². The maximum absolute atomic E-state index is 11.3. The number of amides is 1. The molecule has 1 saturated heterocycles. The number of carbonyl (C=O) groups excluding carboxylic acids is 1. The highest BCUT2D eigenvalue weighted by molar-refractivity contribution is 5.93. The first-order valence-electron chi connectivity index (χ1n) is 10.5. The van der Waals surface area contributed by atoms with Crippen molar-refractivity contribution < 1.29 is 4.79 Å². The van der Waals surface area contributed by atoms with Crippen molar-refractivity contribution in [2.24, 2.45) is 11.5 Å². The van der Waals surface area contributed by atoms with Crippen molar-refractivity contribution in [3.05, 3.63) is 55.0 Å². The summed E-state index contributed by atoms with van der Waals surface area (Å²) >= 11 is 0. The summed E-state index contributed by atoms with van der Waals surface area (Å²) in [7, 11) is 0. The summed E-state index contributed by atoms with van der Waals surface area (Å²) < 4.78 is 0. The summed E-state index contributed by atoms with van der Waals surface area (Å²) in [6.45, 7) is 1.44. The molecule has 0 aromatic carbocycles. The van der Waals surface area contributed by atoms with Gasteiger partial charge in [-0.15, -0.1) is 0 Å². The molecule has 4 aromatic heterocycles. The Morgan fingerprint density at radius 2 is 1.97 bits per heavy atom. The standard InChI is InChI=1S/C23H24N8O/c24-20(32)12-23(25)6-9-31(10-7-23)21-5-1-4-17(28-21)22-16-11-18(15-3-2-8-26-13-15)27-14-19(16)29-30-22/h1-5,8,11,13-14H,6-7,9-10,12,25H2,(H2,24,32)(H,29,30). The van der Waals surface area contributed by atoms with Crippen LogP contribution < -0.4 is 16.4 Å². The Kier molecular flexibility index (Phi) is 5.02. The third-order valence-electron chi connectivity index (χ3n) is 5.99. The van der Waals surface area contributed by atoms with E-state index in [1.165, 1.54) is 0 Å². The van der Waals surface area contributed by atoms with Crippen LogP contribution >= 0.6 is 0 Å². The molecule has 5 N–H and O–H groups in total. The number of nitrogens with two attached hydrogens (primary N) is 2. The van der Waals surface area contributed by atoms with E-state index in [0.717, 1.165) is 52.5 Å². The number of fused-ring (bicyclic) bond motifs is 1. The minimum atomic E-state index is -0.534. The van der Waals surface area contributed by atoms with Crippen LogP contribution in [-0.4, -0.2) is 49.7 Å². The Balaban J connectivity index is 1.43. The highest BCUT2D eigenvalue weighted by Crippen LogP contribution is 2.30. The van der Waals surface area contributed by atoms with E-state index in [9.17, 15) is 4.79 Å². The second kappa shape index (κ2) is 8.01. The van der Waals surface area contributed by atoms with Crippen LogP contribution in [0.1, 0.15) is 19.3 Å². The van der Waals surface area contributed by atoms with Gasteiger partial charge in [0.05, 0.1) is 23.1 Å². The molecule has 5 rings (SSSR count). The molecule has 0 spiro atoms. The number of pyridine rings is 3. The predicted octanol–water partition coefficient (Wildman–Crippen LogP) is 2.26. The summed E-state index contributed by atoms with van der Waals surface area (Å²) in [5.74, 6) is 0.507. The molecule has 0 saturated carbocycles.